The van der Waals surface area contributed by atoms with Crippen LogP contribution in [0.15, 0.2) is 29.1 Å². The Kier molecular flexibility index (Phi) is 3.17. The van der Waals surface area contributed by atoms with Crippen LogP contribution in [0.25, 0.3) is 5.69 Å². The van der Waals surface area contributed by atoms with Crippen molar-refractivity contribution in [3.8, 4) is 11.4 Å². The van der Waals surface area contributed by atoms with Gasteiger partial charge in [-0.05, 0) is 24.3 Å². The molecule has 0 atom stereocenters. The minimum absolute atomic E-state index is 0.128. The van der Waals surface area contributed by atoms with E-state index in [0.717, 1.165) is 5.69 Å². The average Bonchev–Trinajstić information content (AvgIpc) is 2.84. The Morgan fingerprint density at radius 3 is 2.67 bits per heavy atom. The van der Waals surface area contributed by atoms with Gasteiger partial charge in [-0.25, -0.2) is 9.48 Å². The number of rotatable bonds is 2. The standard InChI is InChI=1S/C14H15N3O4/c1-21-10-4-2-9(3-5-10)17-13(18)11-8-16(14(19)20)7-6-12(11)15-17/h2-5,15H,6-8H2,1H3,(H,19,20). The summed E-state index contributed by atoms with van der Waals surface area (Å²) in [5, 5.41) is 12.1. The Bertz CT molecular complexity index is 730. The Labute approximate surface area is 120 Å². The Morgan fingerprint density at radius 2 is 2.05 bits per heavy atom. The van der Waals surface area contributed by atoms with Gasteiger partial charge in [0, 0.05) is 18.7 Å². The molecule has 0 bridgehead atoms. The van der Waals surface area contributed by atoms with Crippen molar-refractivity contribution in [1.82, 2.24) is 14.7 Å². The third kappa shape index (κ3) is 2.26. The van der Waals surface area contributed by atoms with Gasteiger partial charge in [-0.1, -0.05) is 0 Å². The maximum Gasteiger partial charge on any atom is 0.407 e. The minimum Gasteiger partial charge on any atom is -0.497 e. The van der Waals surface area contributed by atoms with Gasteiger partial charge in [-0.15, -0.1) is 0 Å². The van der Waals surface area contributed by atoms with Crippen LogP contribution in [0.4, 0.5) is 4.79 Å². The molecule has 1 aliphatic rings. The summed E-state index contributed by atoms with van der Waals surface area (Å²) in [6, 6.07) is 7.09. The second-order valence-electron chi connectivity index (χ2n) is 4.86. The Balaban J connectivity index is 1.98. The van der Waals surface area contributed by atoms with Gasteiger partial charge < -0.3 is 14.7 Å². The summed E-state index contributed by atoms with van der Waals surface area (Å²) < 4.78 is 6.53. The molecule has 1 aromatic heterocycles. The van der Waals surface area contributed by atoms with E-state index in [4.69, 9.17) is 9.84 Å². The van der Waals surface area contributed by atoms with Gasteiger partial charge in [-0.3, -0.25) is 9.89 Å². The lowest BCUT2D eigenvalue weighted by molar-refractivity contribution is 0.139. The fourth-order valence-electron chi connectivity index (χ4n) is 2.48. The second kappa shape index (κ2) is 5.01. The molecule has 3 rings (SSSR count). The van der Waals surface area contributed by atoms with E-state index in [-0.39, 0.29) is 12.1 Å². The molecule has 0 saturated carbocycles. The van der Waals surface area contributed by atoms with E-state index in [1.54, 1.807) is 31.4 Å². The summed E-state index contributed by atoms with van der Waals surface area (Å²) in [6.07, 6.45) is -0.489. The number of nitrogens with one attached hydrogen (secondary N) is 1. The summed E-state index contributed by atoms with van der Waals surface area (Å²) in [6.45, 7) is 0.522. The molecular formula is C14H15N3O4. The van der Waals surface area contributed by atoms with E-state index in [1.165, 1.54) is 9.58 Å². The maximum atomic E-state index is 12.4. The van der Waals surface area contributed by atoms with Crippen molar-refractivity contribution in [1.29, 1.82) is 0 Å². The number of amides is 1. The van der Waals surface area contributed by atoms with Crippen molar-refractivity contribution in [2.75, 3.05) is 13.7 Å². The molecular weight excluding hydrogens is 274 g/mol. The first-order valence-corrected chi connectivity index (χ1v) is 6.55. The first-order chi connectivity index (χ1) is 10.1. The Morgan fingerprint density at radius 1 is 1.33 bits per heavy atom. The van der Waals surface area contributed by atoms with Gasteiger partial charge in [-0.2, -0.15) is 0 Å². The number of methoxy groups -OCH3 is 1. The number of hydrogen-bond acceptors (Lipinski definition) is 3. The topological polar surface area (TPSA) is 87.6 Å². The molecule has 0 radical (unpaired) electrons. The van der Waals surface area contributed by atoms with Crippen LogP contribution in [-0.2, 0) is 13.0 Å². The second-order valence-corrected chi connectivity index (χ2v) is 4.86. The highest BCUT2D eigenvalue weighted by Crippen LogP contribution is 2.17. The van der Waals surface area contributed by atoms with E-state index in [9.17, 15) is 9.59 Å². The predicted molar refractivity (Wildman–Crippen MR) is 75.1 cm³/mol. The van der Waals surface area contributed by atoms with E-state index in [0.29, 0.717) is 30.0 Å². The number of fused-ring (bicyclic) bond motifs is 1. The number of carboxylic acid groups (broad SMARTS) is 1. The number of carbonyl (C=O) groups is 1. The fraction of sp³-hybridized carbons (Fsp3) is 0.286. The van der Waals surface area contributed by atoms with Crippen molar-refractivity contribution in [2.24, 2.45) is 0 Å². The van der Waals surface area contributed by atoms with Gasteiger partial charge in [0.15, 0.2) is 0 Å². The highest BCUT2D eigenvalue weighted by Gasteiger charge is 2.25. The molecule has 1 aliphatic heterocycles. The van der Waals surface area contributed by atoms with Gasteiger partial charge in [0.1, 0.15) is 5.75 Å². The van der Waals surface area contributed by atoms with Crippen molar-refractivity contribution >= 4 is 6.09 Å². The van der Waals surface area contributed by atoms with Crippen molar-refractivity contribution in [3.63, 3.8) is 0 Å². The van der Waals surface area contributed by atoms with Gasteiger partial charge in [0.05, 0.1) is 24.9 Å². The molecule has 0 aliphatic carbocycles. The van der Waals surface area contributed by atoms with Crippen molar-refractivity contribution in [2.45, 2.75) is 13.0 Å². The van der Waals surface area contributed by atoms with E-state index in [1.807, 2.05) is 0 Å². The van der Waals surface area contributed by atoms with Crippen molar-refractivity contribution in [3.05, 3.63) is 45.9 Å². The lowest BCUT2D eigenvalue weighted by Gasteiger charge is -2.22. The van der Waals surface area contributed by atoms with Crippen LogP contribution in [0, 0.1) is 0 Å². The molecule has 7 nitrogen and oxygen atoms in total. The zero-order valence-corrected chi connectivity index (χ0v) is 11.5. The van der Waals surface area contributed by atoms with Crippen LogP contribution in [0.3, 0.4) is 0 Å². The molecule has 0 spiro atoms. The third-order valence-corrected chi connectivity index (χ3v) is 3.65. The molecule has 0 unspecified atom stereocenters. The molecule has 0 fully saturated rings. The lowest BCUT2D eigenvalue weighted by atomic mass is 10.1. The third-order valence-electron chi connectivity index (χ3n) is 3.65. The first-order valence-electron chi connectivity index (χ1n) is 6.55. The van der Waals surface area contributed by atoms with Crippen LogP contribution >= 0.6 is 0 Å². The van der Waals surface area contributed by atoms with E-state index in [2.05, 4.69) is 5.10 Å². The number of aromatic amines is 1. The van der Waals surface area contributed by atoms with Gasteiger partial charge in [0.25, 0.3) is 5.56 Å². The highest BCUT2D eigenvalue weighted by molar-refractivity contribution is 5.65. The smallest absolute Gasteiger partial charge is 0.407 e. The summed E-state index contributed by atoms with van der Waals surface area (Å²) in [7, 11) is 1.58. The van der Waals surface area contributed by atoms with Crippen LogP contribution in [0.2, 0.25) is 0 Å². The molecule has 2 aromatic rings. The number of H-pyrrole nitrogens is 1. The number of aromatic nitrogens is 2. The number of benzene rings is 1. The average molecular weight is 289 g/mol. The normalized spacial score (nSPS) is 13.9. The van der Waals surface area contributed by atoms with Gasteiger partial charge in [0.2, 0.25) is 0 Å². The molecule has 0 saturated heterocycles. The number of nitrogens with zero attached hydrogens (tertiary/aromatic N) is 2. The molecule has 1 aromatic carbocycles. The Hall–Kier alpha value is -2.70. The van der Waals surface area contributed by atoms with Crippen LogP contribution < -0.4 is 10.3 Å². The maximum absolute atomic E-state index is 12.4. The fourth-order valence-corrected chi connectivity index (χ4v) is 2.48. The molecule has 21 heavy (non-hydrogen) atoms. The van der Waals surface area contributed by atoms with Crippen LogP contribution in [0.5, 0.6) is 5.75 Å². The highest BCUT2D eigenvalue weighted by atomic mass is 16.5. The summed E-state index contributed by atoms with van der Waals surface area (Å²) in [5.74, 6) is 0.708. The minimum atomic E-state index is -1.00. The number of hydrogen-bond donors (Lipinski definition) is 2. The van der Waals surface area contributed by atoms with Crippen LogP contribution in [-0.4, -0.2) is 39.5 Å². The van der Waals surface area contributed by atoms with E-state index < -0.39 is 6.09 Å². The van der Waals surface area contributed by atoms with Crippen molar-refractivity contribution < 1.29 is 14.6 Å². The molecule has 1 amide bonds. The zero-order chi connectivity index (χ0) is 15.0. The molecule has 110 valence electrons. The number of ether oxygens (including phenoxy) is 1. The first kappa shape index (κ1) is 13.3. The summed E-state index contributed by atoms with van der Waals surface area (Å²) in [5.41, 5.74) is 1.80. The van der Waals surface area contributed by atoms with Crippen LogP contribution in [0.1, 0.15) is 11.3 Å². The molecule has 2 N–H and O–H groups in total. The largest absolute Gasteiger partial charge is 0.497 e. The quantitative estimate of drug-likeness (QED) is 0.870. The monoisotopic (exact) mass is 289 g/mol. The zero-order valence-electron chi connectivity index (χ0n) is 11.5. The predicted octanol–water partition coefficient (Wildman–Crippen LogP) is 1.21. The molecule has 2 heterocycles. The lowest BCUT2D eigenvalue weighted by Crippen LogP contribution is -2.36. The molecule has 7 heteroatoms. The summed E-state index contributed by atoms with van der Waals surface area (Å²) >= 11 is 0. The SMILES string of the molecule is COc1ccc(-n2[nH]c3c(c2=O)CN(C(=O)O)CC3)cc1. The summed E-state index contributed by atoms with van der Waals surface area (Å²) in [4.78, 5) is 24.7. The van der Waals surface area contributed by atoms with Gasteiger partial charge >= 0.3 is 6.09 Å². The van der Waals surface area contributed by atoms with E-state index >= 15 is 0 Å².